The summed E-state index contributed by atoms with van der Waals surface area (Å²) >= 11 is 0. The van der Waals surface area contributed by atoms with E-state index in [9.17, 15) is 9.59 Å². The molecule has 2 aromatic rings. The van der Waals surface area contributed by atoms with Gasteiger partial charge in [0.2, 0.25) is 5.91 Å². The van der Waals surface area contributed by atoms with E-state index >= 15 is 0 Å². The fraction of sp³-hybridized carbons (Fsp3) is 0.481. The third kappa shape index (κ3) is 9.65. The van der Waals surface area contributed by atoms with Crippen molar-refractivity contribution in [2.45, 2.75) is 77.6 Å². The van der Waals surface area contributed by atoms with Crippen LogP contribution in [-0.4, -0.2) is 18.4 Å². The van der Waals surface area contributed by atoms with E-state index in [2.05, 4.69) is 17.8 Å². The average Bonchev–Trinajstić information content (AvgIpc) is 2.80. The highest BCUT2D eigenvalue weighted by molar-refractivity contribution is 5.95. The van der Waals surface area contributed by atoms with Crippen molar-refractivity contribution in [3.8, 4) is 0 Å². The summed E-state index contributed by atoms with van der Waals surface area (Å²) in [5, 5.41) is 0. The second kappa shape index (κ2) is 15.2. The Hall–Kier alpha value is -2.66. The first kappa shape index (κ1) is 25.6. The number of unbranched alkanes of at least 4 members (excludes halogenated alkanes) is 9. The van der Waals surface area contributed by atoms with Gasteiger partial charge in [0.1, 0.15) is 0 Å². The number of hydrogen-bond acceptors (Lipinski definition) is 3. The van der Waals surface area contributed by atoms with Crippen LogP contribution in [0.2, 0.25) is 0 Å². The largest absolute Gasteiger partial charge is 0.366 e. The zero-order chi connectivity index (χ0) is 23.0. The number of rotatable bonds is 16. The zero-order valence-electron chi connectivity index (χ0n) is 19.5. The van der Waals surface area contributed by atoms with Crippen molar-refractivity contribution in [3.63, 3.8) is 0 Å². The molecule has 0 saturated heterocycles. The Labute approximate surface area is 193 Å². The van der Waals surface area contributed by atoms with Crippen LogP contribution < -0.4 is 16.6 Å². The van der Waals surface area contributed by atoms with E-state index in [1.165, 1.54) is 57.8 Å². The van der Waals surface area contributed by atoms with Crippen LogP contribution in [0, 0.1) is 0 Å². The maximum atomic E-state index is 12.3. The van der Waals surface area contributed by atoms with Gasteiger partial charge in [0.05, 0.1) is 0 Å². The van der Waals surface area contributed by atoms with E-state index in [4.69, 9.17) is 5.73 Å². The van der Waals surface area contributed by atoms with Gasteiger partial charge >= 0.3 is 0 Å². The van der Waals surface area contributed by atoms with Crippen LogP contribution in [0.3, 0.4) is 0 Å². The topological polar surface area (TPSA) is 84.2 Å². The molecule has 2 rings (SSSR count). The molecule has 0 unspecified atom stereocenters. The van der Waals surface area contributed by atoms with Crippen molar-refractivity contribution in [2.24, 2.45) is 5.73 Å². The number of hydrazine groups is 1. The smallest absolute Gasteiger partial charge is 0.265 e. The predicted molar refractivity (Wildman–Crippen MR) is 132 cm³/mol. The van der Waals surface area contributed by atoms with Crippen molar-refractivity contribution in [3.05, 3.63) is 70.8 Å². The first-order chi connectivity index (χ1) is 15.6. The highest BCUT2D eigenvalue weighted by Gasteiger charge is 2.09. The summed E-state index contributed by atoms with van der Waals surface area (Å²) in [4.78, 5) is 23.9. The summed E-state index contributed by atoms with van der Waals surface area (Å²) in [5.74, 6) is -0.564. The van der Waals surface area contributed by atoms with Gasteiger partial charge in [-0.1, -0.05) is 95.0 Å². The zero-order valence-corrected chi connectivity index (χ0v) is 19.5. The minimum absolute atomic E-state index is 0.138. The van der Waals surface area contributed by atoms with E-state index in [0.717, 1.165) is 24.1 Å². The predicted octanol–water partition coefficient (Wildman–Crippen LogP) is 5.53. The lowest BCUT2D eigenvalue weighted by Gasteiger charge is -2.09. The highest BCUT2D eigenvalue weighted by Crippen LogP contribution is 2.15. The van der Waals surface area contributed by atoms with Crippen molar-refractivity contribution in [1.29, 1.82) is 0 Å². The van der Waals surface area contributed by atoms with Gasteiger partial charge < -0.3 is 5.73 Å². The summed E-state index contributed by atoms with van der Waals surface area (Å²) in [6.45, 7) is 3.03. The third-order valence-corrected chi connectivity index (χ3v) is 5.75. The number of benzene rings is 2. The maximum absolute atomic E-state index is 12.3. The Balaban J connectivity index is 1.61. The quantitative estimate of drug-likeness (QED) is 0.238. The van der Waals surface area contributed by atoms with Gasteiger partial charge in [-0.25, -0.2) is 5.43 Å². The standard InChI is InChI=1S/C27H39N3O2/c1-2-3-4-5-6-7-8-9-10-13-20-29-30-27(32)23-18-16-22(17-19-23)21-24-14-11-12-15-25(24)26(28)31/h11-12,14-19,29H,2-10,13,20-21H2,1H3,(H2,28,31)(H,30,32). The number of carbonyl (C=O) groups excluding carboxylic acids is 2. The van der Waals surface area contributed by atoms with Crippen LogP contribution >= 0.6 is 0 Å². The molecular weight excluding hydrogens is 398 g/mol. The van der Waals surface area contributed by atoms with Gasteiger partial charge in [0, 0.05) is 17.7 Å². The molecule has 0 heterocycles. The van der Waals surface area contributed by atoms with Gasteiger partial charge in [0.15, 0.2) is 0 Å². The lowest BCUT2D eigenvalue weighted by Crippen LogP contribution is -2.37. The van der Waals surface area contributed by atoms with Crippen molar-refractivity contribution in [1.82, 2.24) is 10.9 Å². The molecule has 0 fully saturated rings. The molecule has 0 bridgehead atoms. The Morgan fingerprint density at radius 3 is 2.00 bits per heavy atom. The molecule has 5 heteroatoms. The molecular formula is C27H39N3O2. The monoisotopic (exact) mass is 437 g/mol. The average molecular weight is 438 g/mol. The molecule has 0 atom stereocenters. The van der Waals surface area contributed by atoms with Crippen LogP contribution in [0.4, 0.5) is 0 Å². The molecule has 0 spiro atoms. The molecule has 0 aromatic heterocycles. The van der Waals surface area contributed by atoms with Crippen molar-refractivity contribution in [2.75, 3.05) is 6.54 Å². The second-order valence-corrected chi connectivity index (χ2v) is 8.46. The Morgan fingerprint density at radius 2 is 1.38 bits per heavy atom. The van der Waals surface area contributed by atoms with Gasteiger partial charge in [-0.3, -0.25) is 15.0 Å². The minimum atomic E-state index is -0.426. The molecule has 4 N–H and O–H groups in total. The summed E-state index contributed by atoms with van der Waals surface area (Å²) in [5.41, 5.74) is 14.3. The number of hydrogen-bond donors (Lipinski definition) is 3. The number of nitrogens with two attached hydrogens (primary N) is 1. The van der Waals surface area contributed by atoms with E-state index in [-0.39, 0.29) is 5.91 Å². The fourth-order valence-electron chi connectivity index (χ4n) is 3.82. The Bertz CT molecular complexity index is 818. The fourth-order valence-corrected chi connectivity index (χ4v) is 3.82. The molecule has 0 aliphatic carbocycles. The van der Waals surface area contributed by atoms with E-state index < -0.39 is 5.91 Å². The summed E-state index contributed by atoms with van der Waals surface area (Å²) in [6, 6.07) is 14.8. The molecule has 2 amide bonds. The van der Waals surface area contributed by atoms with E-state index in [1.807, 2.05) is 24.3 Å². The van der Waals surface area contributed by atoms with E-state index in [0.29, 0.717) is 17.5 Å². The number of nitrogens with one attached hydrogen (secondary N) is 2. The molecule has 2 aromatic carbocycles. The second-order valence-electron chi connectivity index (χ2n) is 8.46. The molecule has 0 aliphatic heterocycles. The molecule has 0 radical (unpaired) electrons. The van der Waals surface area contributed by atoms with Crippen LogP contribution in [-0.2, 0) is 6.42 Å². The number of primary amides is 1. The Kier molecular flexibility index (Phi) is 12.2. The van der Waals surface area contributed by atoms with Crippen LogP contribution in [0.1, 0.15) is 103 Å². The summed E-state index contributed by atoms with van der Waals surface area (Å²) < 4.78 is 0. The van der Waals surface area contributed by atoms with E-state index in [1.54, 1.807) is 24.3 Å². The molecule has 0 aliphatic rings. The minimum Gasteiger partial charge on any atom is -0.366 e. The summed E-state index contributed by atoms with van der Waals surface area (Å²) in [7, 11) is 0. The van der Waals surface area contributed by atoms with Crippen molar-refractivity contribution >= 4 is 11.8 Å². The van der Waals surface area contributed by atoms with Gasteiger partial charge in [-0.15, -0.1) is 0 Å². The number of carbonyl (C=O) groups is 2. The maximum Gasteiger partial charge on any atom is 0.265 e. The lowest BCUT2D eigenvalue weighted by molar-refractivity contribution is 0.0932. The first-order valence-corrected chi connectivity index (χ1v) is 12.1. The molecule has 0 saturated carbocycles. The third-order valence-electron chi connectivity index (χ3n) is 5.75. The van der Waals surface area contributed by atoms with Crippen LogP contribution in [0.15, 0.2) is 48.5 Å². The lowest BCUT2D eigenvalue weighted by atomic mass is 9.98. The SMILES string of the molecule is CCCCCCCCCCCCNNC(=O)c1ccc(Cc2ccccc2C(N)=O)cc1. The molecule has 32 heavy (non-hydrogen) atoms. The highest BCUT2D eigenvalue weighted by atomic mass is 16.2. The molecule has 5 nitrogen and oxygen atoms in total. The van der Waals surface area contributed by atoms with Gasteiger partial charge in [-0.05, 0) is 42.2 Å². The van der Waals surface area contributed by atoms with Crippen LogP contribution in [0.5, 0.6) is 0 Å². The Morgan fingerprint density at radius 1 is 0.781 bits per heavy atom. The van der Waals surface area contributed by atoms with Crippen LogP contribution in [0.25, 0.3) is 0 Å². The van der Waals surface area contributed by atoms with Gasteiger partial charge in [-0.2, -0.15) is 0 Å². The molecule has 174 valence electrons. The first-order valence-electron chi connectivity index (χ1n) is 12.1. The van der Waals surface area contributed by atoms with Gasteiger partial charge in [0.25, 0.3) is 5.91 Å². The van der Waals surface area contributed by atoms with Crippen molar-refractivity contribution < 1.29 is 9.59 Å². The summed E-state index contributed by atoms with van der Waals surface area (Å²) in [6.07, 6.45) is 13.6. The number of amides is 2. The normalized spacial score (nSPS) is 10.8.